The maximum absolute atomic E-state index is 12.4. The Bertz CT molecular complexity index is 630. The number of carbonyl (C=O) groups excluding carboxylic acids is 2. The molecule has 1 aliphatic rings. The van der Waals surface area contributed by atoms with Crippen LogP contribution in [0.4, 0.5) is 0 Å². The summed E-state index contributed by atoms with van der Waals surface area (Å²) in [6.07, 6.45) is 4.34. The Kier molecular flexibility index (Phi) is 5.22. The van der Waals surface area contributed by atoms with Crippen molar-refractivity contribution in [3.63, 3.8) is 0 Å². The lowest BCUT2D eigenvalue weighted by Gasteiger charge is -2.38. The monoisotopic (exact) mass is 315 g/mol. The molecule has 122 valence electrons. The van der Waals surface area contributed by atoms with Crippen molar-refractivity contribution in [2.24, 2.45) is 5.73 Å². The lowest BCUT2D eigenvalue weighted by atomic mass is 9.81. The third-order valence-corrected chi connectivity index (χ3v) is 4.41. The second-order valence-electron chi connectivity index (χ2n) is 5.81. The van der Waals surface area contributed by atoms with E-state index in [0.29, 0.717) is 12.8 Å². The summed E-state index contributed by atoms with van der Waals surface area (Å²) in [5, 5.41) is 9.52. The van der Waals surface area contributed by atoms with Crippen molar-refractivity contribution in [1.82, 2.24) is 4.90 Å². The molecule has 0 aliphatic heterocycles. The van der Waals surface area contributed by atoms with E-state index in [2.05, 4.69) is 6.07 Å². The molecule has 0 heterocycles. The Morgan fingerprint density at radius 3 is 2.57 bits per heavy atom. The minimum absolute atomic E-state index is 0.232. The van der Waals surface area contributed by atoms with E-state index < -0.39 is 11.4 Å². The van der Waals surface area contributed by atoms with Gasteiger partial charge in [-0.05, 0) is 25.0 Å². The highest BCUT2D eigenvalue weighted by molar-refractivity contribution is 5.95. The van der Waals surface area contributed by atoms with Crippen LogP contribution in [0.3, 0.4) is 0 Å². The fourth-order valence-electron chi connectivity index (χ4n) is 2.93. The van der Waals surface area contributed by atoms with Gasteiger partial charge in [0.2, 0.25) is 0 Å². The maximum Gasteiger partial charge on any atom is 0.261 e. The van der Waals surface area contributed by atoms with Crippen LogP contribution in [0.25, 0.3) is 0 Å². The van der Waals surface area contributed by atoms with Crippen LogP contribution in [0.15, 0.2) is 24.3 Å². The first-order chi connectivity index (χ1) is 11.0. The van der Waals surface area contributed by atoms with Crippen molar-refractivity contribution in [3.8, 4) is 11.8 Å². The smallest absolute Gasteiger partial charge is 0.261 e. The molecule has 23 heavy (non-hydrogen) atoms. The Labute approximate surface area is 135 Å². The number of nitriles is 1. The highest BCUT2D eigenvalue weighted by atomic mass is 16.5. The third kappa shape index (κ3) is 3.62. The van der Waals surface area contributed by atoms with Gasteiger partial charge in [-0.3, -0.25) is 9.59 Å². The van der Waals surface area contributed by atoms with Crippen molar-refractivity contribution in [2.75, 3.05) is 13.7 Å². The highest BCUT2D eigenvalue weighted by Gasteiger charge is 2.38. The molecule has 2 amide bonds. The van der Waals surface area contributed by atoms with Crippen LogP contribution in [0, 0.1) is 11.3 Å². The zero-order valence-electron chi connectivity index (χ0n) is 13.2. The van der Waals surface area contributed by atoms with E-state index in [-0.39, 0.29) is 23.8 Å². The first-order valence-corrected chi connectivity index (χ1v) is 7.70. The van der Waals surface area contributed by atoms with Gasteiger partial charge in [-0.15, -0.1) is 0 Å². The van der Waals surface area contributed by atoms with Crippen molar-refractivity contribution < 1.29 is 14.3 Å². The van der Waals surface area contributed by atoms with Gasteiger partial charge >= 0.3 is 0 Å². The fourth-order valence-corrected chi connectivity index (χ4v) is 2.93. The van der Waals surface area contributed by atoms with E-state index in [4.69, 9.17) is 10.5 Å². The van der Waals surface area contributed by atoms with Gasteiger partial charge in [-0.2, -0.15) is 5.26 Å². The van der Waals surface area contributed by atoms with E-state index in [0.717, 1.165) is 19.3 Å². The Morgan fingerprint density at radius 2 is 1.96 bits per heavy atom. The molecule has 2 N–H and O–H groups in total. The molecule has 1 saturated carbocycles. The minimum atomic E-state index is -0.748. The van der Waals surface area contributed by atoms with Crippen LogP contribution in [0.5, 0.6) is 5.75 Å². The number of nitrogens with two attached hydrogens (primary N) is 1. The molecule has 0 radical (unpaired) electrons. The SMILES string of the molecule is CN(C(=O)COc1ccccc1C(N)=O)C1(C#N)CCCCC1. The molecule has 1 aromatic carbocycles. The first-order valence-electron chi connectivity index (χ1n) is 7.70. The molecule has 0 aromatic heterocycles. The summed E-state index contributed by atoms with van der Waals surface area (Å²) in [7, 11) is 1.64. The molecule has 2 rings (SSSR count). The predicted molar refractivity (Wildman–Crippen MR) is 84.7 cm³/mol. The summed E-state index contributed by atoms with van der Waals surface area (Å²) in [4.78, 5) is 25.2. The molecule has 0 atom stereocenters. The van der Waals surface area contributed by atoms with Gasteiger partial charge in [-0.1, -0.05) is 31.4 Å². The lowest BCUT2D eigenvalue weighted by Crippen LogP contribution is -2.51. The average Bonchev–Trinajstić information content (AvgIpc) is 2.59. The van der Waals surface area contributed by atoms with Crippen LogP contribution in [0.1, 0.15) is 42.5 Å². The number of primary amides is 1. The quantitative estimate of drug-likeness (QED) is 0.896. The zero-order chi connectivity index (χ0) is 16.9. The van der Waals surface area contributed by atoms with E-state index in [1.807, 2.05) is 0 Å². The summed E-state index contributed by atoms with van der Waals surface area (Å²) in [6.45, 7) is -0.232. The van der Waals surface area contributed by atoms with Crippen LogP contribution in [0.2, 0.25) is 0 Å². The van der Waals surface area contributed by atoms with Crippen molar-refractivity contribution >= 4 is 11.8 Å². The molecule has 1 aromatic rings. The van der Waals surface area contributed by atoms with Gasteiger partial charge in [-0.25, -0.2) is 0 Å². The molecule has 1 fully saturated rings. The van der Waals surface area contributed by atoms with Crippen molar-refractivity contribution in [2.45, 2.75) is 37.6 Å². The summed E-state index contributed by atoms with van der Waals surface area (Å²) in [5.41, 5.74) is 4.77. The standard InChI is InChI=1S/C17H21N3O3/c1-20(17(12-18)9-5-2-6-10-17)15(21)11-23-14-8-4-3-7-13(14)16(19)22/h3-4,7-8H,2,5-6,9-11H2,1H3,(H2,19,22). The average molecular weight is 315 g/mol. The van der Waals surface area contributed by atoms with Gasteiger partial charge < -0.3 is 15.4 Å². The number of amides is 2. The first kappa shape index (κ1) is 16.8. The molecular weight excluding hydrogens is 294 g/mol. The molecule has 1 aliphatic carbocycles. The largest absolute Gasteiger partial charge is 0.483 e. The molecule has 0 unspecified atom stereocenters. The molecule has 6 nitrogen and oxygen atoms in total. The zero-order valence-corrected chi connectivity index (χ0v) is 13.2. The Morgan fingerprint density at radius 1 is 1.30 bits per heavy atom. The number of likely N-dealkylation sites (N-methyl/N-ethyl adjacent to an activating group) is 1. The predicted octanol–water partition coefficient (Wildman–Crippen LogP) is 1.85. The minimum Gasteiger partial charge on any atom is -0.483 e. The Hall–Kier alpha value is -2.55. The van der Waals surface area contributed by atoms with Gasteiger partial charge in [0.05, 0.1) is 11.6 Å². The normalized spacial score (nSPS) is 16.2. The molecule has 0 spiro atoms. The number of hydrogen-bond donors (Lipinski definition) is 1. The lowest BCUT2D eigenvalue weighted by molar-refractivity contribution is -0.137. The van der Waals surface area contributed by atoms with E-state index in [1.165, 1.54) is 4.90 Å². The number of ether oxygens (including phenoxy) is 1. The fraction of sp³-hybridized carbons (Fsp3) is 0.471. The van der Waals surface area contributed by atoms with Gasteiger partial charge in [0, 0.05) is 7.05 Å². The molecule has 0 bridgehead atoms. The second-order valence-corrected chi connectivity index (χ2v) is 5.81. The van der Waals surface area contributed by atoms with Gasteiger partial charge in [0.1, 0.15) is 11.3 Å². The second kappa shape index (κ2) is 7.14. The molecule has 6 heteroatoms. The number of carbonyl (C=O) groups is 2. The van der Waals surface area contributed by atoms with E-state index in [1.54, 1.807) is 31.3 Å². The summed E-state index contributed by atoms with van der Waals surface area (Å²) in [5.74, 6) is -0.619. The van der Waals surface area contributed by atoms with Crippen LogP contribution in [-0.2, 0) is 4.79 Å². The third-order valence-electron chi connectivity index (χ3n) is 4.41. The summed E-state index contributed by atoms with van der Waals surface area (Å²) < 4.78 is 5.46. The molecule has 0 saturated heterocycles. The maximum atomic E-state index is 12.4. The number of hydrogen-bond acceptors (Lipinski definition) is 4. The Balaban J connectivity index is 2.05. The number of benzene rings is 1. The van der Waals surface area contributed by atoms with Gasteiger partial charge in [0.15, 0.2) is 6.61 Å². The van der Waals surface area contributed by atoms with Crippen molar-refractivity contribution in [3.05, 3.63) is 29.8 Å². The summed E-state index contributed by atoms with van der Waals surface area (Å²) >= 11 is 0. The highest BCUT2D eigenvalue weighted by Crippen LogP contribution is 2.32. The van der Waals surface area contributed by atoms with E-state index >= 15 is 0 Å². The number of para-hydroxylation sites is 1. The van der Waals surface area contributed by atoms with E-state index in [9.17, 15) is 14.9 Å². The van der Waals surface area contributed by atoms with Crippen LogP contribution >= 0.6 is 0 Å². The summed E-state index contributed by atoms with van der Waals surface area (Å²) in [6, 6.07) is 8.81. The van der Waals surface area contributed by atoms with Crippen LogP contribution < -0.4 is 10.5 Å². The molecular formula is C17H21N3O3. The topological polar surface area (TPSA) is 96.4 Å². The van der Waals surface area contributed by atoms with Crippen molar-refractivity contribution in [1.29, 1.82) is 5.26 Å². The number of nitrogens with zero attached hydrogens (tertiary/aromatic N) is 2. The van der Waals surface area contributed by atoms with Crippen LogP contribution in [-0.4, -0.2) is 35.9 Å². The number of rotatable bonds is 5. The van der Waals surface area contributed by atoms with Gasteiger partial charge in [0.25, 0.3) is 11.8 Å².